The first-order valence-corrected chi connectivity index (χ1v) is 5.99. The van der Waals surface area contributed by atoms with Crippen LogP contribution in [0.4, 0.5) is 5.82 Å². The summed E-state index contributed by atoms with van der Waals surface area (Å²) in [5.74, 6) is 1.82. The maximum absolute atomic E-state index is 5.54. The van der Waals surface area contributed by atoms with E-state index in [1.807, 2.05) is 12.1 Å². The number of nitrogens with zero attached hydrogens (tertiary/aromatic N) is 2. The van der Waals surface area contributed by atoms with Gasteiger partial charge in [0.2, 0.25) is 0 Å². The molecule has 1 aromatic heterocycles. The fraction of sp³-hybridized carbons (Fsp3) is 0.500. The number of hydrogen-bond donors (Lipinski definition) is 1. The molecule has 1 aromatic rings. The van der Waals surface area contributed by atoms with Crippen molar-refractivity contribution in [2.75, 3.05) is 11.9 Å². The molecule has 0 aromatic carbocycles. The van der Waals surface area contributed by atoms with Crippen molar-refractivity contribution in [3.05, 3.63) is 23.9 Å². The van der Waals surface area contributed by atoms with Crippen molar-refractivity contribution in [2.45, 2.75) is 25.8 Å². The number of rotatable bonds is 4. The van der Waals surface area contributed by atoms with Crippen LogP contribution in [-0.2, 0) is 0 Å². The van der Waals surface area contributed by atoms with Crippen LogP contribution < -0.4 is 10.6 Å². The van der Waals surface area contributed by atoms with Crippen molar-refractivity contribution in [1.82, 2.24) is 4.98 Å². The highest BCUT2D eigenvalue weighted by atomic mass is 32.1. The van der Waals surface area contributed by atoms with Gasteiger partial charge in [-0.3, -0.25) is 0 Å². The summed E-state index contributed by atoms with van der Waals surface area (Å²) in [6.07, 6.45) is 4.43. The second kappa shape index (κ2) is 4.37. The molecule has 1 heterocycles. The topological polar surface area (TPSA) is 42.1 Å². The lowest BCUT2D eigenvalue weighted by atomic mass is 10.2. The highest BCUT2D eigenvalue weighted by Crippen LogP contribution is 2.35. The van der Waals surface area contributed by atoms with Gasteiger partial charge >= 0.3 is 0 Å². The predicted octanol–water partition coefficient (Wildman–Crippen LogP) is 1.95. The summed E-state index contributed by atoms with van der Waals surface area (Å²) in [5.41, 5.74) is 6.36. The van der Waals surface area contributed by atoms with Gasteiger partial charge in [-0.05, 0) is 37.8 Å². The van der Waals surface area contributed by atoms with E-state index in [-0.39, 0.29) is 0 Å². The van der Waals surface area contributed by atoms with Gasteiger partial charge in [0.25, 0.3) is 0 Å². The Labute approximate surface area is 102 Å². The fourth-order valence-electron chi connectivity index (χ4n) is 1.84. The van der Waals surface area contributed by atoms with Crippen molar-refractivity contribution >= 4 is 23.0 Å². The van der Waals surface area contributed by atoms with E-state index in [2.05, 4.69) is 23.9 Å². The molecule has 86 valence electrons. The van der Waals surface area contributed by atoms with E-state index in [0.29, 0.717) is 11.0 Å². The highest BCUT2D eigenvalue weighted by molar-refractivity contribution is 7.80. The number of pyridine rings is 1. The number of aromatic nitrogens is 1. The van der Waals surface area contributed by atoms with Crippen LogP contribution in [-0.4, -0.2) is 23.1 Å². The van der Waals surface area contributed by atoms with Crippen molar-refractivity contribution in [3.8, 4) is 0 Å². The summed E-state index contributed by atoms with van der Waals surface area (Å²) in [6.45, 7) is 2.25. The largest absolute Gasteiger partial charge is 0.389 e. The van der Waals surface area contributed by atoms with Crippen molar-refractivity contribution in [2.24, 2.45) is 11.7 Å². The Morgan fingerprint density at radius 1 is 1.56 bits per heavy atom. The van der Waals surface area contributed by atoms with Crippen LogP contribution in [0.15, 0.2) is 18.3 Å². The summed E-state index contributed by atoms with van der Waals surface area (Å²) < 4.78 is 0. The average molecular weight is 235 g/mol. The molecule has 3 nitrogen and oxygen atoms in total. The number of thiocarbonyl (C=S) groups is 1. The molecule has 0 saturated heterocycles. The van der Waals surface area contributed by atoms with Gasteiger partial charge in [0.15, 0.2) is 0 Å². The first-order chi connectivity index (χ1) is 7.59. The van der Waals surface area contributed by atoms with E-state index in [1.165, 1.54) is 12.8 Å². The normalized spacial score (nSPS) is 16.9. The lowest BCUT2D eigenvalue weighted by Crippen LogP contribution is -2.31. The van der Waals surface area contributed by atoms with Crippen LogP contribution in [0.2, 0.25) is 0 Å². The monoisotopic (exact) mass is 235 g/mol. The van der Waals surface area contributed by atoms with Gasteiger partial charge in [-0.2, -0.15) is 0 Å². The maximum atomic E-state index is 5.54. The van der Waals surface area contributed by atoms with Crippen LogP contribution in [0.1, 0.15) is 25.3 Å². The van der Waals surface area contributed by atoms with Crippen LogP contribution in [0, 0.1) is 5.92 Å². The molecule has 16 heavy (non-hydrogen) atoms. The Bertz CT molecular complexity index is 384. The molecular weight excluding hydrogens is 218 g/mol. The van der Waals surface area contributed by atoms with Crippen LogP contribution in [0.25, 0.3) is 0 Å². The van der Waals surface area contributed by atoms with Crippen molar-refractivity contribution < 1.29 is 0 Å². The summed E-state index contributed by atoms with van der Waals surface area (Å²) in [7, 11) is 2.09. The third-order valence-electron chi connectivity index (χ3n) is 3.31. The second-order valence-electron chi connectivity index (χ2n) is 4.46. The molecule has 0 radical (unpaired) electrons. The quantitative estimate of drug-likeness (QED) is 0.810. The van der Waals surface area contributed by atoms with Crippen LogP contribution >= 0.6 is 12.2 Å². The molecule has 0 bridgehead atoms. The van der Waals surface area contributed by atoms with E-state index in [4.69, 9.17) is 18.0 Å². The summed E-state index contributed by atoms with van der Waals surface area (Å²) >= 11 is 4.90. The van der Waals surface area contributed by atoms with E-state index in [0.717, 1.165) is 17.3 Å². The molecule has 1 unspecified atom stereocenters. The summed E-state index contributed by atoms with van der Waals surface area (Å²) in [4.78, 5) is 7.01. The molecule has 0 spiro atoms. The van der Waals surface area contributed by atoms with Crippen molar-refractivity contribution in [1.29, 1.82) is 0 Å². The second-order valence-corrected chi connectivity index (χ2v) is 4.90. The zero-order valence-corrected chi connectivity index (χ0v) is 10.5. The molecule has 2 N–H and O–H groups in total. The van der Waals surface area contributed by atoms with Crippen molar-refractivity contribution in [3.63, 3.8) is 0 Å². The number of anilines is 1. The van der Waals surface area contributed by atoms with Crippen LogP contribution in [0.5, 0.6) is 0 Å². The van der Waals surface area contributed by atoms with Gasteiger partial charge in [-0.1, -0.05) is 12.2 Å². The molecule has 0 amide bonds. The lowest BCUT2D eigenvalue weighted by molar-refractivity contribution is 0.604. The molecule has 1 aliphatic carbocycles. The Hall–Kier alpha value is -1.16. The fourth-order valence-corrected chi connectivity index (χ4v) is 1.96. The molecule has 1 atom stereocenters. The molecule has 1 fully saturated rings. The average Bonchev–Trinajstić information content (AvgIpc) is 3.11. The summed E-state index contributed by atoms with van der Waals surface area (Å²) in [5, 5.41) is 0. The zero-order valence-electron chi connectivity index (χ0n) is 9.68. The Morgan fingerprint density at radius 3 is 2.69 bits per heavy atom. The number of hydrogen-bond acceptors (Lipinski definition) is 3. The molecule has 4 heteroatoms. The minimum absolute atomic E-state index is 0.400. The third-order valence-corrected chi connectivity index (χ3v) is 3.54. The first kappa shape index (κ1) is 11.3. The minimum Gasteiger partial charge on any atom is -0.389 e. The number of nitrogens with two attached hydrogens (primary N) is 1. The molecule has 1 saturated carbocycles. The Balaban J connectivity index is 2.11. The standard InChI is InChI=1S/C12H17N3S/c1-8(9-3-4-9)15(2)11-6-5-10(7-14-11)12(13)16/h5-9H,3-4H2,1-2H3,(H2,13,16). The van der Waals surface area contributed by atoms with Gasteiger partial charge < -0.3 is 10.6 Å². The molecular formula is C12H17N3S. The first-order valence-electron chi connectivity index (χ1n) is 5.58. The lowest BCUT2D eigenvalue weighted by Gasteiger charge is -2.25. The van der Waals surface area contributed by atoms with E-state index in [9.17, 15) is 0 Å². The third kappa shape index (κ3) is 2.32. The molecule has 0 aliphatic heterocycles. The molecule has 1 aliphatic rings. The van der Waals surface area contributed by atoms with Gasteiger partial charge in [-0.25, -0.2) is 4.98 Å². The van der Waals surface area contributed by atoms with Gasteiger partial charge in [-0.15, -0.1) is 0 Å². The maximum Gasteiger partial charge on any atom is 0.128 e. The van der Waals surface area contributed by atoms with E-state index < -0.39 is 0 Å². The SMILES string of the molecule is CC(C1CC1)N(C)c1ccc(C(N)=S)cn1. The van der Waals surface area contributed by atoms with Gasteiger partial charge in [0.1, 0.15) is 10.8 Å². The molecule has 2 rings (SSSR count). The summed E-state index contributed by atoms with van der Waals surface area (Å²) in [6, 6.07) is 4.47. The van der Waals surface area contributed by atoms with E-state index in [1.54, 1.807) is 6.20 Å². The predicted molar refractivity (Wildman–Crippen MR) is 70.7 cm³/mol. The Morgan fingerprint density at radius 2 is 2.25 bits per heavy atom. The van der Waals surface area contributed by atoms with E-state index >= 15 is 0 Å². The highest BCUT2D eigenvalue weighted by Gasteiger charge is 2.30. The van der Waals surface area contributed by atoms with Crippen LogP contribution in [0.3, 0.4) is 0 Å². The Kier molecular flexibility index (Phi) is 3.10. The van der Waals surface area contributed by atoms with Gasteiger partial charge in [0.05, 0.1) is 0 Å². The smallest absolute Gasteiger partial charge is 0.128 e. The minimum atomic E-state index is 0.400. The van der Waals surface area contributed by atoms with Gasteiger partial charge in [0, 0.05) is 24.8 Å². The zero-order chi connectivity index (χ0) is 11.7.